The van der Waals surface area contributed by atoms with Crippen LogP contribution < -0.4 is 4.40 Å². The maximum atomic E-state index is 8.28. The first-order valence-corrected chi connectivity index (χ1v) is 27.1. The molecule has 0 atom stereocenters. The van der Waals surface area contributed by atoms with E-state index in [1.54, 1.807) is 30.5 Å². The molecule has 4 aromatic heterocycles. The van der Waals surface area contributed by atoms with Crippen molar-refractivity contribution in [1.82, 2.24) is 19.5 Å². The Balaban J connectivity index is 0.000000253. The Morgan fingerprint density at radius 1 is 0.746 bits per heavy atom. The number of aromatic nitrogens is 4. The quantitative estimate of drug-likeness (QED) is 0.118. The van der Waals surface area contributed by atoms with Gasteiger partial charge in [-0.05, 0) is 70.5 Å². The van der Waals surface area contributed by atoms with E-state index >= 15 is 0 Å². The zero-order valence-electron chi connectivity index (χ0n) is 40.3. The molecule has 4 heterocycles. The van der Waals surface area contributed by atoms with E-state index < -0.39 is 27.0 Å². The van der Waals surface area contributed by atoms with Gasteiger partial charge in [-0.2, -0.15) is 0 Å². The summed E-state index contributed by atoms with van der Waals surface area (Å²) in [6.45, 7) is 4.44. The number of nitrogens with zero attached hydrogens (tertiary/aromatic N) is 4. The minimum Gasteiger partial charge on any atom is -0.486 e. The van der Waals surface area contributed by atoms with E-state index in [2.05, 4.69) is 120 Å². The molecule has 0 aliphatic carbocycles. The van der Waals surface area contributed by atoms with Crippen LogP contribution in [0.15, 0.2) is 132 Å². The monoisotopic (exact) mass is 1020 g/mol. The van der Waals surface area contributed by atoms with Gasteiger partial charge in [-0.3, -0.25) is 4.98 Å². The van der Waals surface area contributed by atoms with Crippen molar-refractivity contribution in [1.29, 1.82) is 0 Å². The van der Waals surface area contributed by atoms with Gasteiger partial charge in [0.15, 0.2) is 0 Å². The van der Waals surface area contributed by atoms with Crippen LogP contribution in [0.2, 0.25) is 17.3 Å². The molecule has 0 unspecified atom stereocenters. The van der Waals surface area contributed by atoms with Crippen molar-refractivity contribution < 1.29 is 32.7 Å². The Morgan fingerprint density at radius 3 is 2.14 bits per heavy atom. The standard InChI is InChI=1S/C37H32N3O.C15H18GeN.Ir/c1-22(2)29-20-26(25-12-7-6-8-13-25)21-30(23(3)4)34(29)40-32-16-10-9-15-31(32)39-36(40)28-18-17-24(5)33-27-14-11-19-38-37(27)41-35(28)33;1-12-5-7-13(8-6-12)15-10-9-14(11-17-15)16(2,3)4;/h6-17,19-23H,1-5H3;5-7,9-11H,1-4H3;/q2*-1;/i5D3;1D3;. The number of fused-ring (bicyclic) bond motifs is 4. The van der Waals surface area contributed by atoms with Crippen molar-refractivity contribution in [3.63, 3.8) is 0 Å². The third-order valence-corrected chi connectivity index (χ3v) is 14.8. The molecule has 9 aromatic rings. The van der Waals surface area contributed by atoms with Gasteiger partial charge >= 0.3 is 110 Å². The Morgan fingerprint density at radius 2 is 1.49 bits per heavy atom. The zero-order valence-corrected chi connectivity index (χ0v) is 38.8. The second-order valence-electron chi connectivity index (χ2n) is 16.4. The SMILES string of the molecule is [2H]C([2H])([2H])c1c[c-]c(-c2cc[c]([Ge]([CH3])([CH3])[CH3])cn2)cc1.[2H]C([2H])([2H])c1c[c-]c(-c2nc3ccccc3n2-c2c(C(C)C)cc(-c3ccccc3)cc2C(C)C)c2oc3ncccc3c12.[Ir]. The molecule has 1 radical (unpaired) electrons. The Kier molecular flexibility index (Phi) is 10.1. The molecule has 0 spiro atoms. The summed E-state index contributed by atoms with van der Waals surface area (Å²) in [5, 5.41) is 1.18. The van der Waals surface area contributed by atoms with E-state index in [1.807, 2.05) is 42.6 Å². The first-order chi connectivity index (χ1) is 30.3. The molecule has 0 N–H and O–H groups in total. The normalized spacial score (nSPS) is 13.6. The smallest absolute Gasteiger partial charge is 0.216 e. The summed E-state index contributed by atoms with van der Waals surface area (Å²) in [7, 11) is 0. The molecule has 5 aromatic carbocycles. The Hall–Kier alpha value is -5.14. The van der Waals surface area contributed by atoms with E-state index in [-0.39, 0.29) is 37.5 Å². The fourth-order valence-electron chi connectivity index (χ4n) is 7.44. The van der Waals surface area contributed by atoms with Crippen LogP contribution in [0.1, 0.15) is 70.0 Å². The number of para-hydroxylation sites is 2. The first-order valence-electron chi connectivity index (χ1n) is 22.7. The minimum absolute atomic E-state index is 0. The fraction of sp³-hybridized carbons (Fsp3) is 0.212. The number of hydrogen-bond donors (Lipinski definition) is 0. The molecule has 0 amide bonds. The molecule has 0 bridgehead atoms. The summed E-state index contributed by atoms with van der Waals surface area (Å²) >= 11 is -1.83. The molecule has 9 rings (SSSR count). The maximum absolute atomic E-state index is 8.28. The molecular formula is C52H50GeIrN4O-2. The van der Waals surface area contributed by atoms with Gasteiger partial charge in [-0.1, -0.05) is 88.0 Å². The molecule has 59 heavy (non-hydrogen) atoms. The summed E-state index contributed by atoms with van der Waals surface area (Å²) in [4.78, 5) is 14.1. The van der Waals surface area contributed by atoms with Crippen LogP contribution in [0.25, 0.3) is 72.6 Å². The van der Waals surface area contributed by atoms with Crippen molar-refractivity contribution in [2.75, 3.05) is 0 Å². The number of imidazole rings is 1. The second-order valence-corrected chi connectivity index (χ2v) is 27.0. The Labute approximate surface area is 373 Å². The third-order valence-electron chi connectivity index (χ3n) is 10.6. The molecular weight excluding hydrogens is 961 g/mol. The molecule has 5 nitrogen and oxygen atoms in total. The van der Waals surface area contributed by atoms with Gasteiger partial charge in [0.05, 0.1) is 22.4 Å². The molecule has 0 fully saturated rings. The van der Waals surface area contributed by atoms with Gasteiger partial charge in [0, 0.05) is 41.5 Å². The van der Waals surface area contributed by atoms with Gasteiger partial charge in [0.25, 0.3) is 0 Å². The fourth-order valence-corrected chi connectivity index (χ4v) is 9.61. The largest absolute Gasteiger partial charge is 0.486 e. The molecule has 0 saturated carbocycles. The van der Waals surface area contributed by atoms with E-state index in [4.69, 9.17) is 17.6 Å². The number of hydrogen-bond acceptors (Lipinski definition) is 4. The van der Waals surface area contributed by atoms with Crippen LogP contribution in [-0.4, -0.2) is 32.8 Å². The first kappa shape index (κ1) is 34.7. The summed E-state index contributed by atoms with van der Waals surface area (Å²) in [5.41, 5.74) is 11.1. The van der Waals surface area contributed by atoms with Crippen molar-refractivity contribution in [3.05, 3.63) is 162 Å². The summed E-state index contributed by atoms with van der Waals surface area (Å²) in [6, 6.07) is 43.7. The summed E-state index contributed by atoms with van der Waals surface area (Å²) < 4.78 is 56.8. The van der Waals surface area contributed by atoms with Crippen molar-refractivity contribution in [2.45, 2.75) is 70.5 Å². The van der Waals surface area contributed by atoms with E-state index in [1.165, 1.54) is 32.7 Å². The minimum atomic E-state index is -2.36. The number of furan rings is 1. The van der Waals surface area contributed by atoms with E-state index in [0.717, 1.165) is 28.0 Å². The van der Waals surface area contributed by atoms with Crippen LogP contribution in [0, 0.1) is 25.8 Å². The number of benzene rings is 5. The maximum Gasteiger partial charge on any atom is 0.216 e. The number of rotatable bonds is 7. The van der Waals surface area contributed by atoms with Crippen LogP contribution >= 0.6 is 0 Å². The number of pyridine rings is 2. The molecule has 0 aliphatic rings. The molecule has 299 valence electrons. The zero-order chi connectivity index (χ0) is 45.7. The van der Waals surface area contributed by atoms with Gasteiger partial charge in [-0.15, -0.1) is 17.7 Å². The van der Waals surface area contributed by atoms with Gasteiger partial charge < -0.3 is 8.98 Å². The summed E-state index contributed by atoms with van der Waals surface area (Å²) in [6.07, 6.45) is 3.59. The molecule has 0 aliphatic heterocycles. The number of aryl methyl sites for hydroxylation is 2. The molecule has 0 saturated heterocycles. The van der Waals surface area contributed by atoms with Crippen molar-refractivity contribution >= 4 is 50.8 Å². The third kappa shape index (κ3) is 8.36. The van der Waals surface area contributed by atoms with Gasteiger partial charge in [-0.25, -0.2) is 4.98 Å². The van der Waals surface area contributed by atoms with Crippen LogP contribution in [-0.2, 0) is 20.1 Å². The van der Waals surface area contributed by atoms with Crippen LogP contribution in [0.4, 0.5) is 0 Å². The predicted molar refractivity (Wildman–Crippen MR) is 245 cm³/mol. The average molecular weight is 1020 g/mol. The van der Waals surface area contributed by atoms with E-state index in [0.29, 0.717) is 39.0 Å². The van der Waals surface area contributed by atoms with Crippen molar-refractivity contribution in [2.24, 2.45) is 0 Å². The van der Waals surface area contributed by atoms with Gasteiger partial charge in [0.2, 0.25) is 5.71 Å². The topological polar surface area (TPSA) is 56.7 Å². The van der Waals surface area contributed by atoms with Gasteiger partial charge in [0.1, 0.15) is 0 Å². The second kappa shape index (κ2) is 17.2. The van der Waals surface area contributed by atoms with Crippen LogP contribution in [0.3, 0.4) is 0 Å². The summed E-state index contributed by atoms with van der Waals surface area (Å²) in [5.74, 6) is 8.04. The van der Waals surface area contributed by atoms with Crippen LogP contribution in [0.5, 0.6) is 0 Å². The predicted octanol–water partition coefficient (Wildman–Crippen LogP) is 13.4. The van der Waals surface area contributed by atoms with E-state index in [9.17, 15) is 0 Å². The Bertz CT molecular complexity index is 3030. The average Bonchev–Trinajstić information content (AvgIpc) is 3.84. The van der Waals surface area contributed by atoms with Crippen molar-refractivity contribution in [3.8, 4) is 39.5 Å². The molecule has 7 heteroatoms.